The zero-order valence-electron chi connectivity index (χ0n) is 8.30. The van der Waals surface area contributed by atoms with Crippen molar-refractivity contribution in [2.45, 2.75) is 32.5 Å². The third-order valence-corrected chi connectivity index (χ3v) is 1.45. The van der Waals surface area contributed by atoms with Gasteiger partial charge in [0, 0.05) is 0 Å². The van der Waals surface area contributed by atoms with E-state index in [0.29, 0.717) is 0 Å². The summed E-state index contributed by atoms with van der Waals surface area (Å²) in [5.41, 5.74) is 5.22. The highest BCUT2D eigenvalue weighted by Crippen LogP contribution is 2.17. The number of halogens is 3. The molecule has 0 heterocycles. The van der Waals surface area contributed by atoms with Crippen LogP contribution in [0.4, 0.5) is 13.2 Å². The van der Waals surface area contributed by atoms with Crippen molar-refractivity contribution in [1.82, 2.24) is 0 Å². The maximum absolute atomic E-state index is 11.7. The lowest BCUT2D eigenvalue weighted by atomic mass is 10.1. The molecule has 7 heteroatoms. The first-order valence-electron chi connectivity index (χ1n) is 4.23. The zero-order valence-corrected chi connectivity index (χ0v) is 8.30. The monoisotopic (exact) mass is 227 g/mol. The van der Waals surface area contributed by atoms with E-state index in [2.05, 4.69) is 4.74 Å². The molecular formula is C8H12F3NO3. The molecule has 0 aromatic heterocycles. The quantitative estimate of drug-likeness (QED) is 0.576. The minimum absolute atomic E-state index is 0.0218. The molecule has 0 aliphatic carbocycles. The number of ether oxygens (including phenoxy) is 1. The predicted octanol–water partition coefficient (Wildman–Crippen LogP) is 0.992. The fraction of sp³-hybridized carbons (Fsp3) is 0.750. The minimum Gasteiger partial charge on any atom is -0.385 e. The van der Waals surface area contributed by atoms with Crippen molar-refractivity contribution < 1.29 is 27.5 Å². The van der Waals surface area contributed by atoms with Gasteiger partial charge in [-0.1, -0.05) is 13.8 Å². The lowest BCUT2D eigenvalue weighted by molar-refractivity contribution is -0.202. The molecule has 0 fully saturated rings. The van der Waals surface area contributed by atoms with Crippen molar-refractivity contribution >= 4 is 11.9 Å². The summed E-state index contributed by atoms with van der Waals surface area (Å²) in [5.74, 6) is -3.87. The van der Waals surface area contributed by atoms with Gasteiger partial charge in [-0.15, -0.1) is 0 Å². The van der Waals surface area contributed by atoms with E-state index >= 15 is 0 Å². The van der Waals surface area contributed by atoms with Gasteiger partial charge in [0.1, 0.15) is 6.04 Å². The van der Waals surface area contributed by atoms with E-state index in [9.17, 15) is 22.8 Å². The Morgan fingerprint density at radius 2 is 1.80 bits per heavy atom. The molecule has 4 nitrogen and oxygen atoms in total. The molecule has 0 saturated heterocycles. The third-order valence-electron chi connectivity index (χ3n) is 1.45. The molecule has 1 atom stereocenters. The number of esters is 2. The van der Waals surface area contributed by atoms with E-state index < -0.39 is 24.2 Å². The Kier molecular flexibility index (Phi) is 4.73. The van der Waals surface area contributed by atoms with Gasteiger partial charge in [-0.25, -0.2) is 9.59 Å². The first kappa shape index (κ1) is 13.9. The highest BCUT2D eigenvalue weighted by atomic mass is 19.4. The van der Waals surface area contributed by atoms with Gasteiger partial charge >= 0.3 is 18.1 Å². The summed E-state index contributed by atoms with van der Waals surface area (Å²) in [7, 11) is 0. The molecule has 0 spiro atoms. The first-order chi connectivity index (χ1) is 6.64. The van der Waals surface area contributed by atoms with Crippen LogP contribution in [0.25, 0.3) is 0 Å². The molecule has 0 bridgehead atoms. The van der Waals surface area contributed by atoms with E-state index in [1.54, 1.807) is 13.8 Å². The molecule has 0 amide bonds. The fourth-order valence-electron chi connectivity index (χ4n) is 0.829. The van der Waals surface area contributed by atoms with Crippen LogP contribution in [0.1, 0.15) is 20.3 Å². The second-order valence-electron chi connectivity index (χ2n) is 3.44. The Hall–Kier alpha value is -1.11. The van der Waals surface area contributed by atoms with Gasteiger partial charge < -0.3 is 10.5 Å². The molecule has 0 radical (unpaired) electrons. The summed E-state index contributed by atoms with van der Waals surface area (Å²) in [6.07, 6.45) is -5.02. The molecule has 2 N–H and O–H groups in total. The lowest BCUT2D eigenvalue weighted by Crippen LogP contribution is -2.38. The van der Waals surface area contributed by atoms with Crippen LogP contribution in [0.2, 0.25) is 0 Å². The molecule has 0 rings (SSSR count). The Morgan fingerprint density at radius 3 is 2.13 bits per heavy atom. The van der Waals surface area contributed by atoms with E-state index in [0.717, 1.165) is 0 Å². The zero-order chi connectivity index (χ0) is 12.2. The first-order valence-corrected chi connectivity index (χ1v) is 4.23. The van der Waals surface area contributed by atoms with Crippen molar-refractivity contribution in [2.75, 3.05) is 0 Å². The van der Waals surface area contributed by atoms with Gasteiger partial charge in [0.15, 0.2) is 0 Å². The average Bonchev–Trinajstić information content (AvgIpc) is 2.00. The highest BCUT2D eigenvalue weighted by Gasteiger charge is 2.43. The van der Waals surface area contributed by atoms with Gasteiger partial charge in [0.25, 0.3) is 0 Å². The van der Waals surface area contributed by atoms with Gasteiger partial charge in [-0.3, -0.25) is 0 Å². The van der Waals surface area contributed by atoms with Crippen LogP contribution in [-0.2, 0) is 14.3 Å². The summed E-state index contributed by atoms with van der Waals surface area (Å²) in [6, 6.07) is -1.21. The van der Waals surface area contributed by atoms with E-state index in [-0.39, 0.29) is 12.3 Å². The van der Waals surface area contributed by atoms with Crippen molar-refractivity contribution in [3.8, 4) is 0 Å². The standard InChI is InChI=1S/C8H12F3NO3/c1-4(2)3-5(12)6(13)15-7(14)8(9,10)11/h4-5H,3,12H2,1-2H3/t5-/m0/s1. The van der Waals surface area contributed by atoms with Gasteiger partial charge in [-0.05, 0) is 12.3 Å². The molecule has 0 saturated carbocycles. The Labute approximate surface area is 84.6 Å². The van der Waals surface area contributed by atoms with Crippen LogP contribution >= 0.6 is 0 Å². The summed E-state index contributed by atoms with van der Waals surface area (Å²) in [4.78, 5) is 21.1. The number of carbonyl (C=O) groups excluding carboxylic acids is 2. The maximum Gasteiger partial charge on any atom is 0.491 e. The van der Waals surface area contributed by atoms with E-state index in [4.69, 9.17) is 5.73 Å². The van der Waals surface area contributed by atoms with Crippen molar-refractivity contribution in [2.24, 2.45) is 11.7 Å². The largest absolute Gasteiger partial charge is 0.491 e. The Bertz CT molecular complexity index is 250. The summed E-state index contributed by atoms with van der Waals surface area (Å²) in [6.45, 7) is 3.47. The summed E-state index contributed by atoms with van der Waals surface area (Å²) < 4.78 is 38.6. The molecular weight excluding hydrogens is 215 g/mol. The fourth-order valence-corrected chi connectivity index (χ4v) is 0.829. The van der Waals surface area contributed by atoms with Crippen LogP contribution in [0.3, 0.4) is 0 Å². The van der Waals surface area contributed by atoms with E-state index in [1.165, 1.54) is 0 Å². The van der Waals surface area contributed by atoms with Crippen LogP contribution in [0.15, 0.2) is 0 Å². The number of alkyl halides is 3. The van der Waals surface area contributed by atoms with Gasteiger partial charge in [0.2, 0.25) is 0 Å². The van der Waals surface area contributed by atoms with Crippen molar-refractivity contribution in [1.29, 1.82) is 0 Å². The van der Waals surface area contributed by atoms with Crippen LogP contribution in [0.5, 0.6) is 0 Å². The molecule has 88 valence electrons. The van der Waals surface area contributed by atoms with Crippen molar-refractivity contribution in [3.63, 3.8) is 0 Å². The minimum atomic E-state index is -5.17. The average molecular weight is 227 g/mol. The molecule has 0 aliphatic rings. The molecule has 0 aromatic rings. The van der Waals surface area contributed by atoms with Gasteiger partial charge in [-0.2, -0.15) is 13.2 Å². The second kappa shape index (κ2) is 5.11. The molecule has 0 aliphatic heterocycles. The summed E-state index contributed by atoms with van der Waals surface area (Å²) in [5, 5.41) is 0. The third kappa shape index (κ3) is 5.36. The number of rotatable bonds is 3. The molecule has 0 unspecified atom stereocenters. The van der Waals surface area contributed by atoms with Crippen LogP contribution in [-0.4, -0.2) is 24.2 Å². The smallest absolute Gasteiger partial charge is 0.385 e. The highest BCUT2D eigenvalue weighted by molar-refractivity contribution is 5.90. The normalized spacial score (nSPS) is 13.8. The second-order valence-corrected chi connectivity index (χ2v) is 3.44. The number of carbonyl (C=O) groups is 2. The van der Waals surface area contributed by atoms with Gasteiger partial charge in [0.05, 0.1) is 0 Å². The number of hydrogen-bond donors (Lipinski definition) is 1. The van der Waals surface area contributed by atoms with Crippen LogP contribution < -0.4 is 5.73 Å². The summed E-state index contributed by atoms with van der Waals surface area (Å²) >= 11 is 0. The lowest BCUT2D eigenvalue weighted by Gasteiger charge is -2.12. The van der Waals surface area contributed by atoms with Crippen molar-refractivity contribution in [3.05, 3.63) is 0 Å². The Morgan fingerprint density at radius 1 is 1.33 bits per heavy atom. The predicted molar refractivity (Wildman–Crippen MR) is 44.6 cm³/mol. The topological polar surface area (TPSA) is 69.4 Å². The number of hydrogen-bond acceptors (Lipinski definition) is 4. The van der Waals surface area contributed by atoms with Crippen LogP contribution in [0, 0.1) is 5.92 Å². The van der Waals surface area contributed by atoms with E-state index in [1.807, 2.05) is 0 Å². The SMILES string of the molecule is CC(C)C[C@H](N)C(=O)OC(=O)C(F)(F)F. The number of nitrogens with two attached hydrogens (primary N) is 1. The maximum atomic E-state index is 11.7. The molecule has 0 aromatic carbocycles. The Balaban J connectivity index is 4.20. The molecule has 15 heavy (non-hydrogen) atoms.